The fourth-order valence-electron chi connectivity index (χ4n) is 1.57. The summed E-state index contributed by atoms with van der Waals surface area (Å²) in [6.45, 7) is 6.93. The van der Waals surface area contributed by atoms with E-state index in [4.69, 9.17) is 0 Å². The molecule has 1 atom stereocenters. The summed E-state index contributed by atoms with van der Waals surface area (Å²) < 4.78 is 0. The van der Waals surface area contributed by atoms with Crippen molar-refractivity contribution in [1.29, 1.82) is 0 Å². The van der Waals surface area contributed by atoms with E-state index in [0.29, 0.717) is 0 Å². The molecule has 0 spiro atoms. The monoisotopic (exact) mass is 169 g/mol. The Labute approximate surface area is 76.9 Å². The first-order valence-corrected chi connectivity index (χ1v) is 5.44. The molecule has 1 nitrogen and oxygen atoms in total. The maximum absolute atomic E-state index is 3.63. The summed E-state index contributed by atoms with van der Waals surface area (Å²) in [6.07, 6.45) is 6.95. The average molecular weight is 169 g/mol. The molecule has 0 aromatic heterocycles. The minimum absolute atomic E-state index is 0.747. The van der Waals surface area contributed by atoms with Gasteiger partial charge in [0.1, 0.15) is 0 Å². The van der Waals surface area contributed by atoms with Gasteiger partial charge in [-0.3, -0.25) is 0 Å². The van der Waals surface area contributed by atoms with Gasteiger partial charge in [0.2, 0.25) is 0 Å². The molecular formula is C11H23N. The topological polar surface area (TPSA) is 12.0 Å². The van der Waals surface area contributed by atoms with Crippen LogP contribution in [-0.2, 0) is 0 Å². The Hall–Kier alpha value is -0.0400. The summed E-state index contributed by atoms with van der Waals surface area (Å²) in [5.74, 6) is 0.873. The summed E-state index contributed by atoms with van der Waals surface area (Å²) in [4.78, 5) is 0. The maximum atomic E-state index is 3.63. The van der Waals surface area contributed by atoms with E-state index >= 15 is 0 Å². The van der Waals surface area contributed by atoms with Gasteiger partial charge in [0.15, 0.2) is 0 Å². The highest BCUT2D eigenvalue weighted by molar-refractivity contribution is 4.83. The number of hydrogen-bond acceptors (Lipinski definition) is 1. The number of rotatable bonds is 6. The van der Waals surface area contributed by atoms with E-state index < -0.39 is 0 Å². The third kappa shape index (κ3) is 4.76. The largest absolute Gasteiger partial charge is 0.312 e. The molecule has 72 valence electrons. The highest BCUT2D eigenvalue weighted by atomic mass is 15.0. The molecule has 1 aliphatic rings. The van der Waals surface area contributed by atoms with Crippen LogP contribution < -0.4 is 5.32 Å². The van der Waals surface area contributed by atoms with Gasteiger partial charge in [-0.05, 0) is 32.1 Å². The zero-order valence-corrected chi connectivity index (χ0v) is 8.77. The van der Waals surface area contributed by atoms with E-state index in [1.807, 2.05) is 0 Å². The molecule has 1 N–H and O–H groups in total. The Balaban J connectivity index is 1.90. The minimum Gasteiger partial charge on any atom is -0.312 e. The normalized spacial score (nSPS) is 20.0. The molecule has 1 fully saturated rings. The van der Waals surface area contributed by atoms with Gasteiger partial charge in [-0.15, -0.1) is 0 Å². The highest BCUT2D eigenvalue weighted by Crippen LogP contribution is 2.20. The lowest BCUT2D eigenvalue weighted by Gasteiger charge is -2.13. The second-order valence-electron chi connectivity index (χ2n) is 4.67. The molecule has 1 aliphatic carbocycles. The van der Waals surface area contributed by atoms with E-state index in [9.17, 15) is 0 Å². The van der Waals surface area contributed by atoms with Crippen LogP contribution in [0.15, 0.2) is 0 Å². The minimum atomic E-state index is 0.747. The Kier molecular flexibility index (Phi) is 4.07. The predicted molar refractivity (Wildman–Crippen MR) is 54.3 cm³/mol. The van der Waals surface area contributed by atoms with E-state index in [-0.39, 0.29) is 0 Å². The molecule has 1 rings (SSSR count). The van der Waals surface area contributed by atoms with Gasteiger partial charge in [0, 0.05) is 12.1 Å². The smallest absolute Gasteiger partial charge is 0.00706 e. The van der Waals surface area contributed by atoms with Crippen molar-refractivity contribution in [1.82, 2.24) is 5.32 Å². The lowest BCUT2D eigenvalue weighted by molar-refractivity contribution is 0.456. The van der Waals surface area contributed by atoms with Crippen LogP contribution in [0.3, 0.4) is 0 Å². The second-order valence-corrected chi connectivity index (χ2v) is 4.67. The lowest BCUT2D eigenvalue weighted by Crippen LogP contribution is -2.27. The van der Waals surface area contributed by atoms with Crippen molar-refractivity contribution in [3.63, 3.8) is 0 Å². The Morgan fingerprint density at radius 1 is 1.17 bits per heavy atom. The number of hydrogen-bond donors (Lipinski definition) is 1. The first-order chi connectivity index (χ1) is 5.68. The maximum Gasteiger partial charge on any atom is 0.00706 e. The average Bonchev–Trinajstić information content (AvgIpc) is 2.70. The standard InChI is InChI=1S/C11H23N/c1-9(2)5-4-6-10(3)12-11-7-8-11/h9-12H,4-8H2,1-3H3/t10-/m1/s1. The summed E-state index contributed by atoms with van der Waals surface area (Å²) in [5.41, 5.74) is 0. The van der Waals surface area contributed by atoms with Crippen LogP contribution in [0.2, 0.25) is 0 Å². The van der Waals surface area contributed by atoms with Crippen LogP contribution >= 0.6 is 0 Å². The predicted octanol–water partition coefficient (Wildman–Crippen LogP) is 2.95. The van der Waals surface area contributed by atoms with Crippen LogP contribution in [0.5, 0.6) is 0 Å². The first kappa shape index (κ1) is 10.0. The SMILES string of the molecule is CC(C)CCC[C@@H](C)NC1CC1. The van der Waals surface area contributed by atoms with Gasteiger partial charge in [-0.25, -0.2) is 0 Å². The van der Waals surface area contributed by atoms with E-state index in [0.717, 1.165) is 18.0 Å². The van der Waals surface area contributed by atoms with Crippen LogP contribution in [0.4, 0.5) is 0 Å². The third-order valence-electron chi connectivity index (χ3n) is 2.52. The molecule has 0 unspecified atom stereocenters. The van der Waals surface area contributed by atoms with E-state index in [2.05, 4.69) is 26.1 Å². The molecule has 0 saturated heterocycles. The highest BCUT2D eigenvalue weighted by Gasteiger charge is 2.22. The number of nitrogens with one attached hydrogen (secondary N) is 1. The molecule has 1 heteroatoms. The summed E-state index contributed by atoms with van der Waals surface area (Å²) in [5, 5.41) is 3.63. The molecule has 0 aromatic rings. The molecule has 0 bridgehead atoms. The quantitative estimate of drug-likeness (QED) is 0.644. The van der Waals surface area contributed by atoms with Gasteiger partial charge in [0.05, 0.1) is 0 Å². The first-order valence-electron chi connectivity index (χ1n) is 5.44. The molecule has 0 radical (unpaired) electrons. The fraction of sp³-hybridized carbons (Fsp3) is 1.00. The summed E-state index contributed by atoms with van der Waals surface area (Å²) in [6, 6.07) is 1.62. The van der Waals surface area contributed by atoms with Crippen LogP contribution in [0, 0.1) is 5.92 Å². The van der Waals surface area contributed by atoms with Crippen LogP contribution in [0.25, 0.3) is 0 Å². The molecule has 0 heterocycles. The van der Waals surface area contributed by atoms with Crippen molar-refractivity contribution in [2.24, 2.45) is 5.92 Å². The van der Waals surface area contributed by atoms with E-state index in [1.165, 1.54) is 32.1 Å². The summed E-state index contributed by atoms with van der Waals surface area (Å²) >= 11 is 0. The Bertz CT molecular complexity index is 116. The molecule has 0 aromatic carbocycles. The van der Waals surface area contributed by atoms with Crippen molar-refractivity contribution in [2.45, 2.75) is 65.0 Å². The lowest BCUT2D eigenvalue weighted by atomic mass is 10.0. The van der Waals surface area contributed by atoms with Gasteiger partial charge in [0.25, 0.3) is 0 Å². The zero-order chi connectivity index (χ0) is 8.97. The van der Waals surface area contributed by atoms with Crippen molar-refractivity contribution in [3.05, 3.63) is 0 Å². The van der Waals surface area contributed by atoms with Gasteiger partial charge >= 0.3 is 0 Å². The fourth-order valence-corrected chi connectivity index (χ4v) is 1.57. The second kappa shape index (κ2) is 4.86. The van der Waals surface area contributed by atoms with Gasteiger partial charge < -0.3 is 5.32 Å². The Morgan fingerprint density at radius 3 is 2.33 bits per heavy atom. The van der Waals surface area contributed by atoms with Gasteiger partial charge in [-0.2, -0.15) is 0 Å². The third-order valence-corrected chi connectivity index (χ3v) is 2.52. The van der Waals surface area contributed by atoms with Crippen LogP contribution in [-0.4, -0.2) is 12.1 Å². The van der Waals surface area contributed by atoms with E-state index in [1.54, 1.807) is 0 Å². The molecular weight excluding hydrogens is 146 g/mol. The molecule has 12 heavy (non-hydrogen) atoms. The summed E-state index contributed by atoms with van der Waals surface area (Å²) in [7, 11) is 0. The van der Waals surface area contributed by atoms with Crippen molar-refractivity contribution in [3.8, 4) is 0 Å². The van der Waals surface area contributed by atoms with Crippen molar-refractivity contribution < 1.29 is 0 Å². The molecule has 0 amide bonds. The molecule has 1 saturated carbocycles. The van der Waals surface area contributed by atoms with Gasteiger partial charge in [-0.1, -0.05) is 26.7 Å². The van der Waals surface area contributed by atoms with Crippen molar-refractivity contribution >= 4 is 0 Å². The zero-order valence-electron chi connectivity index (χ0n) is 8.77. The Morgan fingerprint density at radius 2 is 1.83 bits per heavy atom. The van der Waals surface area contributed by atoms with Crippen LogP contribution in [0.1, 0.15) is 52.9 Å². The van der Waals surface area contributed by atoms with Crippen molar-refractivity contribution in [2.75, 3.05) is 0 Å². The molecule has 0 aliphatic heterocycles.